The van der Waals surface area contributed by atoms with E-state index in [1.54, 1.807) is 13.0 Å². The topological polar surface area (TPSA) is 85.5 Å². The maximum absolute atomic E-state index is 12.5. The Labute approximate surface area is 129 Å². The van der Waals surface area contributed by atoms with E-state index < -0.39 is 34.8 Å². The van der Waals surface area contributed by atoms with Gasteiger partial charge in [0.2, 0.25) is 0 Å². The van der Waals surface area contributed by atoms with Gasteiger partial charge >= 0.3 is 6.18 Å². The van der Waals surface area contributed by atoms with Gasteiger partial charge in [0.15, 0.2) is 0 Å². The first-order valence-corrected chi connectivity index (χ1v) is 8.14. The lowest BCUT2D eigenvalue weighted by molar-refractivity contribution is -0.136. The number of hydrogen-bond donors (Lipinski definition) is 0. The van der Waals surface area contributed by atoms with Crippen molar-refractivity contribution in [2.75, 3.05) is 6.61 Å². The zero-order chi connectivity index (χ0) is 16.8. The van der Waals surface area contributed by atoms with E-state index in [1.807, 2.05) is 0 Å². The second-order valence-electron chi connectivity index (χ2n) is 5.19. The van der Waals surface area contributed by atoms with Crippen molar-refractivity contribution in [1.29, 1.82) is 5.26 Å². The van der Waals surface area contributed by atoms with Crippen LogP contribution in [0.5, 0.6) is 0 Å². The maximum Gasteiger partial charge on any atom is 0.390 e. The van der Waals surface area contributed by atoms with Crippen LogP contribution in [0, 0.1) is 23.2 Å². The fourth-order valence-electron chi connectivity index (χ4n) is 2.61. The Morgan fingerprint density at radius 1 is 1.50 bits per heavy atom. The van der Waals surface area contributed by atoms with E-state index in [0.717, 1.165) is 5.71 Å². The number of alkyl halides is 3. The van der Waals surface area contributed by atoms with Crippen molar-refractivity contribution in [1.82, 2.24) is 0 Å². The summed E-state index contributed by atoms with van der Waals surface area (Å²) in [4.78, 5) is 4.92. The summed E-state index contributed by atoms with van der Waals surface area (Å²) in [6, 6.07) is 1.77. The molecule has 22 heavy (non-hydrogen) atoms. The fourth-order valence-corrected chi connectivity index (χ4v) is 3.46. The van der Waals surface area contributed by atoms with Crippen LogP contribution in [0.15, 0.2) is 5.16 Å². The Hall–Kier alpha value is -1.14. The summed E-state index contributed by atoms with van der Waals surface area (Å²) >= 11 is -2.94. The van der Waals surface area contributed by atoms with Crippen molar-refractivity contribution in [2.24, 2.45) is 17.0 Å². The van der Waals surface area contributed by atoms with Gasteiger partial charge in [0.1, 0.15) is 6.61 Å². The van der Waals surface area contributed by atoms with Crippen LogP contribution < -0.4 is 0 Å². The van der Waals surface area contributed by atoms with Crippen molar-refractivity contribution in [3.8, 4) is 6.07 Å². The molecule has 0 aromatic rings. The van der Waals surface area contributed by atoms with Gasteiger partial charge in [-0.15, -0.1) is 0 Å². The number of hydrogen-bond acceptors (Lipinski definition) is 5. The molecule has 0 spiro atoms. The molecule has 0 saturated heterocycles. The van der Waals surface area contributed by atoms with Crippen LogP contribution >= 0.6 is 0 Å². The molecule has 3 atom stereocenters. The minimum Gasteiger partial charge on any atom is -0.772 e. The van der Waals surface area contributed by atoms with Gasteiger partial charge < -0.3 is 9.39 Å². The smallest absolute Gasteiger partial charge is 0.390 e. The summed E-state index contributed by atoms with van der Waals surface area (Å²) in [7, 11) is 0. The predicted molar refractivity (Wildman–Crippen MR) is 73.5 cm³/mol. The monoisotopic (exact) mass is 339 g/mol. The Morgan fingerprint density at radius 2 is 2.09 bits per heavy atom. The molecule has 0 amide bonds. The van der Waals surface area contributed by atoms with E-state index in [0.29, 0.717) is 32.3 Å². The van der Waals surface area contributed by atoms with Gasteiger partial charge in [-0.2, -0.15) is 18.4 Å². The van der Waals surface area contributed by atoms with Crippen molar-refractivity contribution in [3.63, 3.8) is 0 Å². The molecular formula is C13H18F3N2O3S-. The third-order valence-corrected chi connectivity index (χ3v) is 4.62. The van der Waals surface area contributed by atoms with E-state index in [4.69, 9.17) is 10.1 Å². The molecule has 3 unspecified atom stereocenters. The lowest BCUT2D eigenvalue weighted by atomic mass is 9.78. The highest BCUT2D eigenvalue weighted by atomic mass is 32.2. The van der Waals surface area contributed by atoms with Crippen LogP contribution in [0.3, 0.4) is 0 Å². The molecule has 0 aromatic carbocycles. The fraction of sp³-hybridized carbons (Fsp3) is 0.846. The first kappa shape index (κ1) is 18.9. The van der Waals surface area contributed by atoms with Gasteiger partial charge in [-0.05, 0) is 38.5 Å². The molecule has 1 saturated carbocycles. The number of rotatable bonds is 6. The molecule has 126 valence electrons. The van der Waals surface area contributed by atoms with E-state index in [9.17, 15) is 21.9 Å². The summed E-state index contributed by atoms with van der Waals surface area (Å²) in [5.41, 5.74) is 0.797. The molecule has 0 radical (unpaired) electrons. The Kier molecular flexibility index (Phi) is 7.29. The highest BCUT2D eigenvalue weighted by Gasteiger charge is 2.40. The first-order valence-electron chi connectivity index (χ1n) is 7.00. The van der Waals surface area contributed by atoms with Gasteiger partial charge in [-0.3, -0.25) is 4.21 Å². The molecular weight excluding hydrogens is 321 g/mol. The quantitative estimate of drug-likeness (QED) is 0.550. The van der Waals surface area contributed by atoms with E-state index in [-0.39, 0.29) is 5.92 Å². The van der Waals surface area contributed by atoms with Crippen LogP contribution in [0.25, 0.3) is 0 Å². The lowest BCUT2D eigenvalue weighted by Gasteiger charge is -2.33. The average Bonchev–Trinajstić information content (AvgIpc) is 2.44. The van der Waals surface area contributed by atoms with Crippen molar-refractivity contribution >= 4 is 16.8 Å². The average molecular weight is 339 g/mol. The van der Waals surface area contributed by atoms with Crippen molar-refractivity contribution in [2.45, 2.75) is 50.5 Å². The highest BCUT2D eigenvalue weighted by Crippen LogP contribution is 2.36. The van der Waals surface area contributed by atoms with E-state index in [1.165, 1.54) is 0 Å². The van der Waals surface area contributed by atoms with Gasteiger partial charge in [0, 0.05) is 5.25 Å². The number of oxime groups is 1. The zero-order valence-corrected chi connectivity index (χ0v) is 13.0. The molecule has 0 aliphatic heterocycles. The number of halogens is 3. The predicted octanol–water partition coefficient (Wildman–Crippen LogP) is 2.91. The molecule has 0 bridgehead atoms. The molecule has 0 heterocycles. The van der Waals surface area contributed by atoms with Crippen molar-refractivity contribution in [3.05, 3.63) is 0 Å². The van der Waals surface area contributed by atoms with E-state index in [2.05, 4.69) is 5.16 Å². The van der Waals surface area contributed by atoms with Crippen LogP contribution in [-0.2, 0) is 15.9 Å². The molecule has 9 heteroatoms. The third-order valence-electron chi connectivity index (χ3n) is 3.67. The van der Waals surface area contributed by atoms with Gasteiger partial charge in [-0.1, -0.05) is 16.2 Å². The molecule has 1 aliphatic rings. The Bertz CT molecular complexity index is 452. The normalized spacial score (nSPS) is 23.3. The summed E-state index contributed by atoms with van der Waals surface area (Å²) in [6.07, 6.45) is -4.21. The Morgan fingerprint density at radius 3 is 2.50 bits per heavy atom. The van der Waals surface area contributed by atoms with E-state index >= 15 is 0 Å². The minimum atomic E-state index is -4.61. The molecule has 0 N–H and O–H groups in total. The first-order chi connectivity index (χ1) is 10.3. The zero-order valence-electron chi connectivity index (χ0n) is 12.1. The summed E-state index contributed by atoms with van der Waals surface area (Å²) in [5, 5.41) is 11.3. The number of nitriles is 1. The molecule has 1 rings (SSSR count). The second-order valence-corrected chi connectivity index (χ2v) is 6.31. The lowest BCUT2D eigenvalue weighted by Crippen LogP contribution is -2.36. The number of nitrogens with zero attached hydrogens (tertiary/aromatic N) is 2. The van der Waals surface area contributed by atoms with Crippen molar-refractivity contribution < 1.29 is 26.8 Å². The van der Waals surface area contributed by atoms with Gasteiger partial charge in [0.05, 0.1) is 24.1 Å². The molecule has 0 aromatic heterocycles. The largest absolute Gasteiger partial charge is 0.772 e. The second kappa shape index (κ2) is 8.48. The van der Waals surface area contributed by atoms with Crippen LogP contribution in [0.1, 0.15) is 39.0 Å². The van der Waals surface area contributed by atoms with Gasteiger partial charge in [-0.25, -0.2) is 0 Å². The molecule has 1 aliphatic carbocycles. The summed E-state index contributed by atoms with van der Waals surface area (Å²) < 4.78 is 59.8. The molecule has 5 nitrogen and oxygen atoms in total. The maximum atomic E-state index is 12.5. The standard InChI is InChI=1S/C13H19F3N2O3S/c1-2-21-18-10-5-3-9(4-6-10)11(8-17)12(22(19)20)7-13(14,15)16/h9,11-12H,2-7H2,1H3,(H,19,20)/p-1. The summed E-state index contributed by atoms with van der Waals surface area (Å²) in [5.74, 6) is -1.54. The van der Waals surface area contributed by atoms with Gasteiger partial charge in [0.25, 0.3) is 0 Å². The van der Waals surface area contributed by atoms with Crippen LogP contribution in [0.2, 0.25) is 0 Å². The third kappa shape index (κ3) is 5.93. The summed E-state index contributed by atoms with van der Waals surface area (Å²) in [6.45, 7) is 2.21. The Balaban J connectivity index is 2.75. The minimum absolute atomic E-state index is 0.379. The van der Waals surface area contributed by atoms with Crippen LogP contribution in [0.4, 0.5) is 13.2 Å². The van der Waals surface area contributed by atoms with Crippen LogP contribution in [-0.4, -0.2) is 32.5 Å². The SMILES string of the molecule is CCON=C1CCC(C(C#N)C(CC(F)(F)F)S(=O)[O-])CC1. The highest BCUT2D eigenvalue weighted by molar-refractivity contribution is 7.79. The molecule has 1 fully saturated rings.